The van der Waals surface area contributed by atoms with Gasteiger partial charge in [-0.3, -0.25) is 14.2 Å². The number of carbonyl (C=O) groups is 1. The van der Waals surface area contributed by atoms with Gasteiger partial charge in [-0.15, -0.1) is 0 Å². The van der Waals surface area contributed by atoms with E-state index in [1.807, 2.05) is 61.5 Å². The highest BCUT2D eigenvalue weighted by Gasteiger charge is 2.14. The van der Waals surface area contributed by atoms with Gasteiger partial charge in [-0.05, 0) is 42.3 Å². The van der Waals surface area contributed by atoms with Crippen molar-refractivity contribution in [3.05, 3.63) is 99.3 Å². The van der Waals surface area contributed by atoms with Crippen molar-refractivity contribution in [2.45, 2.75) is 18.6 Å². The predicted molar refractivity (Wildman–Crippen MR) is 127 cm³/mol. The number of anilines is 1. The number of para-hydroxylation sites is 1. The summed E-state index contributed by atoms with van der Waals surface area (Å²) in [4.78, 5) is 30.4. The maximum Gasteiger partial charge on any atom is 0.262 e. The second kappa shape index (κ2) is 9.37. The molecule has 1 N–H and O–H groups in total. The third kappa shape index (κ3) is 4.98. The van der Waals surface area contributed by atoms with Gasteiger partial charge in [-0.25, -0.2) is 4.98 Å². The van der Waals surface area contributed by atoms with E-state index in [1.165, 1.54) is 11.8 Å². The SMILES string of the molecule is Cc1ccc(Cl)cc1NC(=O)CSc1nc2ccccc2c(=O)n1Cc1ccccc1. The molecule has 1 aromatic heterocycles. The first-order chi connectivity index (χ1) is 15.0. The summed E-state index contributed by atoms with van der Waals surface area (Å²) in [5.74, 6) is -0.0741. The number of halogens is 1. The number of hydrogen-bond acceptors (Lipinski definition) is 4. The molecule has 3 aromatic carbocycles. The summed E-state index contributed by atoms with van der Waals surface area (Å²) >= 11 is 7.28. The zero-order valence-corrected chi connectivity index (χ0v) is 18.4. The first kappa shape index (κ1) is 21.2. The smallest absolute Gasteiger partial charge is 0.262 e. The number of rotatable bonds is 6. The standard InChI is InChI=1S/C24H20ClN3O2S/c1-16-11-12-18(25)13-21(16)26-22(29)15-31-24-27-20-10-6-5-9-19(20)23(30)28(24)14-17-7-3-2-4-8-17/h2-13H,14-15H2,1H3,(H,26,29). The molecule has 0 bridgehead atoms. The predicted octanol–water partition coefficient (Wildman–Crippen LogP) is 5.14. The Morgan fingerprint density at radius 3 is 2.61 bits per heavy atom. The van der Waals surface area contributed by atoms with Gasteiger partial charge in [-0.2, -0.15) is 0 Å². The van der Waals surface area contributed by atoms with Crippen molar-refractivity contribution in [3.8, 4) is 0 Å². The second-order valence-electron chi connectivity index (χ2n) is 7.08. The van der Waals surface area contributed by atoms with Crippen molar-refractivity contribution in [1.82, 2.24) is 9.55 Å². The van der Waals surface area contributed by atoms with E-state index in [9.17, 15) is 9.59 Å². The molecule has 0 aliphatic rings. The van der Waals surface area contributed by atoms with Gasteiger partial charge in [0.05, 0.1) is 23.2 Å². The zero-order chi connectivity index (χ0) is 21.8. The first-order valence-corrected chi connectivity index (χ1v) is 11.1. The fraction of sp³-hybridized carbons (Fsp3) is 0.125. The van der Waals surface area contributed by atoms with E-state index in [0.29, 0.717) is 33.3 Å². The molecule has 0 spiro atoms. The molecule has 0 aliphatic carbocycles. The van der Waals surface area contributed by atoms with Crippen molar-refractivity contribution < 1.29 is 4.79 Å². The average Bonchev–Trinajstić information content (AvgIpc) is 2.78. The zero-order valence-electron chi connectivity index (χ0n) is 16.8. The van der Waals surface area contributed by atoms with Gasteiger partial charge in [0.2, 0.25) is 5.91 Å². The average molecular weight is 450 g/mol. The monoisotopic (exact) mass is 449 g/mol. The molecular weight excluding hydrogens is 430 g/mol. The van der Waals surface area contributed by atoms with Crippen molar-refractivity contribution >= 4 is 45.9 Å². The highest BCUT2D eigenvalue weighted by Crippen LogP contribution is 2.22. The fourth-order valence-corrected chi connectivity index (χ4v) is 4.18. The van der Waals surface area contributed by atoms with Gasteiger partial charge in [0.1, 0.15) is 0 Å². The van der Waals surface area contributed by atoms with Crippen LogP contribution in [-0.4, -0.2) is 21.2 Å². The third-order valence-electron chi connectivity index (χ3n) is 4.82. The van der Waals surface area contributed by atoms with Crippen LogP contribution in [0.5, 0.6) is 0 Å². The maximum atomic E-state index is 13.2. The Labute approximate surface area is 189 Å². The van der Waals surface area contributed by atoms with E-state index in [2.05, 4.69) is 10.3 Å². The van der Waals surface area contributed by atoms with E-state index in [4.69, 9.17) is 11.6 Å². The number of thioether (sulfide) groups is 1. The van der Waals surface area contributed by atoms with Crippen LogP contribution in [0.4, 0.5) is 5.69 Å². The van der Waals surface area contributed by atoms with Crippen LogP contribution in [0.1, 0.15) is 11.1 Å². The number of aromatic nitrogens is 2. The van der Waals surface area contributed by atoms with Crippen LogP contribution < -0.4 is 10.9 Å². The lowest BCUT2D eigenvalue weighted by molar-refractivity contribution is -0.113. The number of benzene rings is 3. The van der Waals surface area contributed by atoms with Crippen LogP contribution in [0.25, 0.3) is 10.9 Å². The summed E-state index contributed by atoms with van der Waals surface area (Å²) in [6.07, 6.45) is 0. The Balaban J connectivity index is 1.61. The molecule has 31 heavy (non-hydrogen) atoms. The lowest BCUT2D eigenvalue weighted by Gasteiger charge is -2.14. The number of aryl methyl sites for hydroxylation is 1. The Morgan fingerprint density at radius 1 is 1.06 bits per heavy atom. The Morgan fingerprint density at radius 2 is 1.81 bits per heavy atom. The molecule has 1 heterocycles. The molecule has 4 aromatic rings. The van der Waals surface area contributed by atoms with Crippen LogP contribution in [0, 0.1) is 6.92 Å². The van der Waals surface area contributed by atoms with E-state index in [1.54, 1.807) is 22.8 Å². The second-order valence-corrected chi connectivity index (χ2v) is 8.46. The highest BCUT2D eigenvalue weighted by atomic mass is 35.5. The first-order valence-electron chi connectivity index (χ1n) is 9.73. The number of nitrogens with zero attached hydrogens (tertiary/aromatic N) is 2. The largest absolute Gasteiger partial charge is 0.325 e. The molecular formula is C24H20ClN3O2S. The molecule has 0 unspecified atom stereocenters. The lowest BCUT2D eigenvalue weighted by Crippen LogP contribution is -2.25. The van der Waals surface area contributed by atoms with E-state index in [-0.39, 0.29) is 17.2 Å². The Kier molecular flexibility index (Phi) is 6.39. The van der Waals surface area contributed by atoms with Crippen LogP contribution in [0.15, 0.2) is 82.7 Å². The number of nitrogens with one attached hydrogen (secondary N) is 1. The minimum atomic E-state index is -0.191. The van der Waals surface area contributed by atoms with E-state index in [0.717, 1.165) is 11.1 Å². The van der Waals surface area contributed by atoms with Gasteiger partial charge in [0, 0.05) is 10.7 Å². The van der Waals surface area contributed by atoms with E-state index >= 15 is 0 Å². The van der Waals surface area contributed by atoms with Crippen LogP contribution in [0.3, 0.4) is 0 Å². The summed E-state index contributed by atoms with van der Waals surface area (Å²) in [5.41, 5.74) is 3.08. The molecule has 0 atom stereocenters. The minimum absolute atomic E-state index is 0.117. The van der Waals surface area contributed by atoms with Gasteiger partial charge in [-0.1, -0.05) is 71.9 Å². The molecule has 0 fully saturated rings. The third-order valence-corrected chi connectivity index (χ3v) is 6.03. The van der Waals surface area contributed by atoms with Gasteiger partial charge >= 0.3 is 0 Å². The normalized spacial score (nSPS) is 10.9. The molecule has 0 saturated heterocycles. The molecule has 1 amide bonds. The topological polar surface area (TPSA) is 64.0 Å². The molecule has 5 nitrogen and oxygen atoms in total. The summed E-state index contributed by atoms with van der Waals surface area (Å²) in [6, 6.07) is 22.3. The fourth-order valence-electron chi connectivity index (χ4n) is 3.21. The van der Waals surface area contributed by atoms with E-state index < -0.39 is 0 Å². The Hall–Kier alpha value is -3.09. The summed E-state index contributed by atoms with van der Waals surface area (Å²) in [6.45, 7) is 2.29. The number of amides is 1. The molecule has 0 aliphatic heterocycles. The highest BCUT2D eigenvalue weighted by molar-refractivity contribution is 7.99. The van der Waals surface area contributed by atoms with Crippen molar-refractivity contribution in [1.29, 1.82) is 0 Å². The maximum absolute atomic E-state index is 13.2. The Bertz CT molecular complexity index is 1310. The quantitative estimate of drug-likeness (QED) is 0.327. The van der Waals surface area contributed by atoms with Gasteiger partial charge in [0.15, 0.2) is 5.16 Å². The van der Waals surface area contributed by atoms with Crippen LogP contribution in [0.2, 0.25) is 5.02 Å². The van der Waals surface area contributed by atoms with Crippen molar-refractivity contribution in [2.24, 2.45) is 0 Å². The number of hydrogen-bond donors (Lipinski definition) is 1. The molecule has 4 rings (SSSR count). The summed E-state index contributed by atoms with van der Waals surface area (Å²) in [7, 11) is 0. The molecule has 156 valence electrons. The van der Waals surface area contributed by atoms with Crippen molar-refractivity contribution in [3.63, 3.8) is 0 Å². The number of fused-ring (bicyclic) bond motifs is 1. The van der Waals surface area contributed by atoms with Crippen LogP contribution in [-0.2, 0) is 11.3 Å². The summed E-state index contributed by atoms with van der Waals surface area (Å²) in [5, 5.41) is 4.50. The van der Waals surface area contributed by atoms with Crippen molar-refractivity contribution in [2.75, 3.05) is 11.1 Å². The van der Waals surface area contributed by atoms with Gasteiger partial charge < -0.3 is 5.32 Å². The number of carbonyl (C=O) groups excluding carboxylic acids is 1. The van der Waals surface area contributed by atoms with Crippen LogP contribution >= 0.6 is 23.4 Å². The minimum Gasteiger partial charge on any atom is -0.325 e. The molecule has 0 saturated carbocycles. The summed E-state index contributed by atoms with van der Waals surface area (Å²) < 4.78 is 1.63. The molecule has 0 radical (unpaired) electrons. The van der Waals surface area contributed by atoms with Gasteiger partial charge in [0.25, 0.3) is 5.56 Å². The molecule has 7 heteroatoms. The lowest BCUT2D eigenvalue weighted by atomic mass is 10.2.